The topological polar surface area (TPSA) is 118 Å². The fourth-order valence-corrected chi connectivity index (χ4v) is 1.26. The third kappa shape index (κ3) is 3.66. The number of nitrogens with two attached hydrogens (primary N) is 1. The number of hydroxylamine groups is 1. The van der Waals surface area contributed by atoms with Crippen LogP contribution in [-0.4, -0.2) is 27.7 Å². The second-order valence-electron chi connectivity index (χ2n) is 3.43. The molecule has 0 aromatic carbocycles. The van der Waals surface area contributed by atoms with E-state index in [9.17, 15) is 9.90 Å². The second kappa shape index (κ2) is 6.14. The molecular weight excluding hydrogens is 226 g/mol. The van der Waals surface area contributed by atoms with Crippen molar-refractivity contribution in [2.24, 2.45) is 5.73 Å². The summed E-state index contributed by atoms with van der Waals surface area (Å²) in [4.78, 5) is 19.1. The van der Waals surface area contributed by atoms with Gasteiger partial charge in [-0.15, -0.1) is 0 Å². The van der Waals surface area contributed by atoms with Crippen molar-refractivity contribution in [3.05, 3.63) is 23.0 Å². The number of pyridine rings is 1. The van der Waals surface area contributed by atoms with Crippen LogP contribution in [0.2, 0.25) is 0 Å². The first-order chi connectivity index (χ1) is 8.06. The Morgan fingerprint density at radius 2 is 2.35 bits per heavy atom. The van der Waals surface area contributed by atoms with Gasteiger partial charge in [0.15, 0.2) is 0 Å². The molecule has 1 aromatic heterocycles. The zero-order valence-corrected chi connectivity index (χ0v) is 9.43. The Bertz CT molecular complexity index is 409. The van der Waals surface area contributed by atoms with Crippen LogP contribution in [0.25, 0.3) is 0 Å². The minimum absolute atomic E-state index is 0.00766. The van der Waals surface area contributed by atoms with E-state index in [4.69, 9.17) is 15.7 Å². The van der Waals surface area contributed by atoms with Crippen molar-refractivity contribution in [3.8, 4) is 5.75 Å². The average molecular weight is 241 g/mol. The van der Waals surface area contributed by atoms with E-state index in [2.05, 4.69) is 10.5 Å². The number of aromatic nitrogens is 1. The van der Waals surface area contributed by atoms with E-state index in [-0.39, 0.29) is 25.5 Å². The Kier molecular flexibility index (Phi) is 4.83. The molecule has 0 spiro atoms. The van der Waals surface area contributed by atoms with Gasteiger partial charge < -0.3 is 15.9 Å². The van der Waals surface area contributed by atoms with Gasteiger partial charge in [0.2, 0.25) is 5.91 Å². The van der Waals surface area contributed by atoms with E-state index in [0.717, 1.165) is 0 Å². The molecule has 0 saturated carbocycles. The van der Waals surface area contributed by atoms with Crippen molar-refractivity contribution in [1.29, 1.82) is 0 Å². The average Bonchev–Trinajstić information content (AvgIpc) is 2.29. The highest BCUT2D eigenvalue weighted by atomic mass is 16.6. The predicted molar refractivity (Wildman–Crippen MR) is 58.5 cm³/mol. The summed E-state index contributed by atoms with van der Waals surface area (Å²) in [5.41, 5.74) is 8.77. The number of nitrogens with one attached hydrogen (secondary N) is 1. The molecule has 1 rings (SSSR count). The molecule has 0 unspecified atom stereocenters. The van der Waals surface area contributed by atoms with Crippen LogP contribution in [0.1, 0.15) is 16.8 Å². The fourth-order valence-electron chi connectivity index (χ4n) is 1.26. The normalized spacial score (nSPS) is 10.5. The SMILES string of the molecule is Cc1ncc(CO)c(CNOCC(N)=O)c1O. The lowest BCUT2D eigenvalue weighted by Gasteiger charge is -2.11. The molecule has 0 aliphatic heterocycles. The number of hydrogen-bond donors (Lipinski definition) is 4. The molecule has 1 heterocycles. The minimum atomic E-state index is -0.602. The van der Waals surface area contributed by atoms with Gasteiger partial charge >= 0.3 is 0 Å². The van der Waals surface area contributed by atoms with Gasteiger partial charge in [0.1, 0.15) is 12.4 Å². The summed E-state index contributed by atoms with van der Waals surface area (Å²) in [6.45, 7) is 1.27. The number of carbonyl (C=O) groups excluding carboxylic acids is 1. The molecule has 94 valence electrons. The molecule has 0 radical (unpaired) electrons. The number of aliphatic hydroxyl groups excluding tert-OH is 1. The molecule has 0 aliphatic rings. The predicted octanol–water partition coefficient (Wildman–Crippen LogP) is -0.906. The van der Waals surface area contributed by atoms with Crippen LogP contribution in [0, 0.1) is 6.92 Å². The van der Waals surface area contributed by atoms with Gasteiger partial charge in [-0.25, -0.2) is 0 Å². The molecule has 1 amide bonds. The number of aliphatic hydroxyl groups is 1. The van der Waals surface area contributed by atoms with Gasteiger partial charge in [-0.1, -0.05) is 0 Å². The van der Waals surface area contributed by atoms with E-state index >= 15 is 0 Å². The summed E-state index contributed by atoms with van der Waals surface area (Å²) in [7, 11) is 0. The quantitative estimate of drug-likeness (QED) is 0.378. The molecule has 7 nitrogen and oxygen atoms in total. The van der Waals surface area contributed by atoms with Crippen molar-refractivity contribution in [1.82, 2.24) is 10.5 Å². The molecule has 0 atom stereocenters. The molecular formula is C10H15N3O4. The molecule has 0 saturated heterocycles. The van der Waals surface area contributed by atoms with E-state index in [1.54, 1.807) is 6.92 Å². The van der Waals surface area contributed by atoms with Gasteiger partial charge in [0, 0.05) is 17.3 Å². The van der Waals surface area contributed by atoms with Crippen LogP contribution in [0.4, 0.5) is 0 Å². The maximum Gasteiger partial charge on any atom is 0.245 e. The van der Waals surface area contributed by atoms with E-state index in [1.165, 1.54) is 6.20 Å². The molecule has 5 N–H and O–H groups in total. The summed E-state index contributed by atoms with van der Waals surface area (Å²) in [6, 6.07) is 0. The van der Waals surface area contributed by atoms with Crippen LogP contribution >= 0.6 is 0 Å². The first-order valence-corrected chi connectivity index (χ1v) is 4.96. The number of aryl methyl sites for hydroxylation is 1. The van der Waals surface area contributed by atoms with E-state index < -0.39 is 5.91 Å². The highest BCUT2D eigenvalue weighted by Gasteiger charge is 2.11. The Morgan fingerprint density at radius 1 is 1.65 bits per heavy atom. The minimum Gasteiger partial charge on any atom is -0.506 e. The monoisotopic (exact) mass is 241 g/mol. The lowest BCUT2D eigenvalue weighted by atomic mass is 10.1. The van der Waals surface area contributed by atoms with Crippen LogP contribution in [0.15, 0.2) is 6.20 Å². The van der Waals surface area contributed by atoms with Crippen molar-refractivity contribution >= 4 is 5.91 Å². The maximum absolute atomic E-state index is 10.4. The third-order valence-electron chi connectivity index (χ3n) is 2.17. The molecule has 0 aliphatic carbocycles. The summed E-state index contributed by atoms with van der Waals surface area (Å²) in [5.74, 6) is -0.610. The van der Waals surface area contributed by atoms with Crippen LogP contribution in [0.5, 0.6) is 5.75 Å². The number of nitrogens with zero attached hydrogens (tertiary/aromatic N) is 1. The van der Waals surface area contributed by atoms with Gasteiger partial charge in [-0.05, 0) is 6.92 Å². The van der Waals surface area contributed by atoms with Crippen LogP contribution < -0.4 is 11.2 Å². The van der Waals surface area contributed by atoms with E-state index in [1.807, 2.05) is 0 Å². The Hall–Kier alpha value is -1.70. The number of hydrogen-bond acceptors (Lipinski definition) is 6. The van der Waals surface area contributed by atoms with Gasteiger partial charge in [-0.2, -0.15) is 5.48 Å². The van der Waals surface area contributed by atoms with Crippen LogP contribution in [0.3, 0.4) is 0 Å². The summed E-state index contributed by atoms with van der Waals surface area (Å²) in [6.07, 6.45) is 1.47. The van der Waals surface area contributed by atoms with Crippen molar-refractivity contribution in [2.75, 3.05) is 6.61 Å². The highest BCUT2D eigenvalue weighted by Crippen LogP contribution is 2.23. The van der Waals surface area contributed by atoms with Gasteiger partial charge in [0.25, 0.3) is 0 Å². The van der Waals surface area contributed by atoms with E-state index in [0.29, 0.717) is 16.8 Å². The summed E-state index contributed by atoms with van der Waals surface area (Å²) < 4.78 is 0. The maximum atomic E-state index is 10.4. The Labute approximate surface area is 98.2 Å². The Morgan fingerprint density at radius 3 is 2.94 bits per heavy atom. The number of rotatable bonds is 6. The second-order valence-corrected chi connectivity index (χ2v) is 3.43. The number of aromatic hydroxyl groups is 1. The molecule has 0 bridgehead atoms. The van der Waals surface area contributed by atoms with Crippen molar-refractivity contribution < 1.29 is 19.8 Å². The lowest BCUT2D eigenvalue weighted by molar-refractivity contribution is -0.125. The zero-order valence-electron chi connectivity index (χ0n) is 9.43. The molecule has 17 heavy (non-hydrogen) atoms. The van der Waals surface area contributed by atoms with Gasteiger partial charge in [-0.3, -0.25) is 14.6 Å². The molecule has 1 aromatic rings. The number of carbonyl (C=O) groups is 1. The Balaban J connectivity index is 2.68. The molecule has 7 heteroatoms. The summed E-state index contributed by atoms with van der Waals surface area (Å²) >= 11 is 0. The first kappa shape index (κ1) is 13.4. The third-order valence-corrected chi connectivity index (χ3v) is 2.17. The smallest absolute Gasteiger partial charge is 0.245 e. The fraction of sp³-hybridized carbons (Fsp3) is 0.400. The van der Waals surface area contributed by atoms with Crippen LogP contribution in [-0.2, 0) is 22.8 Å². The largest absolute Gasteiger partial charge is 0.506 e. The standard InChI is InChI=1S/C10H15N3O4/c1-6-10(16)8(7(4-14)2-12-6)3-13-17-5-9(11)15/h2,13-14,16H,3-5H2,1H3,(H2,11,15). The highest BCUT2D eigenvalue weighted by molar-refractivity contribution is 5.74. The summed E-state index contributed by atoms with van der Waals surface area (Å²) in [5, 5.41) is 18.8. The molecule has 0 fully saturated rings. The first-order valence-electron chi connectivity index (χ1n) is 4.96. The van der Waals surface area contributed by atoms with Crippen molar-refractivity contribution in [2.45, 2.75) is 20.1 Å². The lowest BCUT2D eigenvalue weighted by Crippen LogP contribution is -2.25. The van der Waals surface area contributed by atoms with Crippen molar-refractivity contribution in [3.63, 3.8) is 0 Å². The zero-order chi connectivity index (χ0) is 12.8. The number of amides is 1. The number of primary amides is 1. The van der Waals surface area contributed by atoms with Gasteiger partial charge in [0.05, 0.1) is 18.8 Å².